The molecular weight excluding hydrogens is 177 g/mol. The Labute approximate surface area is 106 Å². The summed E-state index contributed by atoms with van der Waals surface area (Å²) in [6, 6.07) is 3.56. The summed E-state index contributed by atoms with van der Waals surface area (Å²) in [6.45, 7) is -0.719. The summed E-state index contributed by atoms with van der Waals surface area (Å²) in [5.41, 5.74) is -0.125. The standard InChI is InChI=1S/C7H5F2O.K/c8-6-3-1-2-5(4-10)7(6)9;/h1-3H,4H2;/q-1;+1. The van der Waals surface area contributed by atoms with E-state index in [1.54, 1.807) is 0 Å². The quantitative estimate of drug-likeness (QED) is 0.453. The van der Waals surface area contributed by atoms with Crippen LogP contribution in [0.3, 0.4) is 0 Å². The number of hydrogen-bond acceptors (Lipinski definition) is 1. The molecule has 0 fully saturated rings. The molecule has 1 rings (SSSR count). The van der Waals surface area contributed by atoms with Crippen LogP contribution in [0.15, 0.2) is 18.2 Å². The molecule has 0 saturated heterocycles. The van der Waals surface area contributed by atoms with Crippen LogP contribution in [-0.2, 0) is 6.61 Å². The minimum absolute atomic E-state index is 0. The van der Waals surface area contributed by atoms with Gasteiger partial charge in [0, 0.05) is 0 Å². The Hall–Kier alpha value is 0.676. The minimum Gasteiger partial charge on any atom is -0.851 e. The molecule has 0 saturated carbocycles. The van der Waals surface area contributed by atoms with E-state index in [0.717, 1.165) is 6.07 Å². The van der Waals surface area contributed by atoms with Gasteiger partial charge >= 0.3 is 51.4 Å². The van der Waals surface area contributed by atoms with Crippen molar-refractivity contribution >= 4 is 0 Å². The van der Waals surface area contributed by atoms with Crippen LogP contribution in [0.1, 0.15) is 5.56 Å². The molecule has 1 aromatic rings. The zero-order chi connectivity index (χ0) is 7.56. The van der Waals surface area contributed by atoms with Gasteiger partial charge < -0.3 is 5.11 Å². The number of rotatable bonds is 1. The summed E-state index contributed by atoms with van der Waals surface area (Å²) in [5, 5.41) is 10.1. The molecule has 0 atom stereocenters. The molecule has 1 nitrogen and oxygen atoms in total. The Morgan fingerprint density at radius 1 is 1.27 bits per heavy atom. The van der Waals surface area contributed by atoms with Crippen molar-refractivity contribution in [3.63, 3.8) is 0 Å². The first kappa shape index (κ1) is 11.7. The van der Waals surface area contributed by atoms with Crippen LogP contribution in [0, 0.1) is 11.6 Å². The van der Waals surface area contributed by atoms with Gasteiger partial charge in [-0.3, -0.25) is 0 Å². The number of hydrogen-bond donors (Lipinski definition) is 0. The van der Waals surface area contributed by atoms with Gasteiger partial charge in [0.15, 0.2) is 11.6 Å². The van der Waals surface area contributed by atoms with Crippen LogP contribution in [0.5, 0.6) is 0 Å². The average Bonchev–Trinajstić information content (AvgIpc) is 1.95. The fraction of sp³-hybridized carbons (Fsp3) is 0.143. The second kappa shape index (κ2) is 5.34. The van der Waals surface area contributed by atoms with E-state index in [-0.39, 0.29) is 56.9 Å². The Bertz CT molecular complexity index is 240. The van der Waals surface area contributed by atoms with Crippen molar-refractivity contribution in [3.05, 3.63) is 35.4 Å². The van der Waals surface area contributed by atoms with Crippen LogP contribution >= 0.6 is 0 Å². The van der Waals surface area contributed by atoms with Crippen molar-refractivity contribution < 1.29 is 65.3 Å². The van der Waals surface area contributed by atoms with Gasteiger partial charge in [0.05, 0.1) is 0 Å². The molecule has 0 spiro atoms. The van der Waals surface area contributed by atoms with E-state index in [4.69, 9.17) is 0 Å². The summed E-state index contributed by atoms with van der Waals surface area (Å²) < 4.78 is 24.7. The molecule has 0 aliphatic carbocycles. The van der Waals surface area contributed by atoms with E-state index in [2.05, 4.69) is 0 Å². The van der Waals surface area contributed by atoms with E-state index in [9.17, 15) is 13.9 Å². The van der Waals surface area contributed by atoms with Crippen molar-refractivity contribution in [2.24, 2.45) is 0 Å². The first-order valence-corrected chi connectivity index (χ1v) is 2.76. The SMILES string of the molecule is [K+].[O-]Cc1cccc(F)c1F. The molecule has 0 amide bonds. The summed E-state index contributed by atoms with van der Waals surface area (Å²) in [5.74, 6) is -1.99. The molecule has 0 heterocycles. The largest absolute Gasteiger partial charge is 1.00 e. The summed E-state index contributed by atoms with van der Waals surface area (Å²) >= 11 is 0. The zero-order valence-electron chi connectivity index (χ0n) is 6.10. The molecule has 0 N–H and O–H groups in total. The van der Waals surface area contributed by atoms with Gasteiger partial charge in [-0.05, 0) is 11.6 Å². The van der Waals surface area contributed by atoms with E-state index >= 15 is 0 Å². The normalized spacial score (nSPS) is 9.00. The van der Waals surface area contributed by atoms with Crippen LogP contribution in [0.2, 0.25) is 0 Å². The molecule has 4 heteroatoms. The van der Waals surface area contributed by atoms with Crippen molar-refractivity contribution in [2.75, 3.05) is 0 Å². The third-order valence-electron chi connectivity index (χ3n) is 1.19. The zero-order valence-corrected chi connectivity index (χ0v) is 9.23. The second-order valence-electron chi connectivity index (χ2n) is 1.86. The molecule has 11 heavy (non-hydrogen) atoms. The van der Waals surface area contributed by atoms with Crippen molar-refractivity contribution in [1.82, 2.24) is 0 Å². The average molecular weight is 182 g/mol. The van der Waals surface area contributed by atoms with E-state index < -0.39 is 18.2 Å². The Kier molecular flexibility index (Phi) is 5.67. The molecule has 0 aromatic heterocycles. The van der Waals surface area contributed by atoms with E-state index in [1.807, 2.05) is 0 Å². The van der Waals surface area contributed by atoms with Gasteiger partial charge in [-0.15, -0.1) is 6.61 Å². The van der Waals surface area contributed by atoms with Crippen molar-refractivity contribution in [1.29, 1.82) is 0 Å². The van der Waals surface area contributed by atoms with Crippen molar-refractivity contribution in [3.8, 4) is 0 Å². The molecular formula is C7H5F2KO. The predicted octanol–water partition coefficient (Wildman–Crippen LogP) is -2.17. The maximum Gasteiger partial charge on any atom is 1.00 e. The third-order valence-corrected chi connectivity index (χ3v) is 1.19. The molecule has 0 radical (unpaired) electrons. The molecule has 0 bridgehead atoms. The topological polar surface area (TPSA) is 23.1 Å². The smallest absolute Gasteiger partial charge is 0.851 e. The van der Waals surface area contributed by atoms with Crippen LogP contribution in [0.4, 0.5) is 8.78 Å². The first-order valence-electron chi connectivity index (χ1n) is 2.76. The van der Waals surface area contributed by atoms with Gasteiger partial charge in [0.2, 0.25) is 0 Å². The summed E-state index contributed by atoms with van der Waals surface area (Å²) in [6.07, 6.45) is 0. The third kappa shape index (κ3) is 2.89. The molecule has 0 unspecified atom stereocenters. The summed E-state index contributed by atoms with van der Waals surface area (Å²) in [4.78, 5) is 0. The molecule has 0 aliphatic heterocycles. The molecule has 0 aliphatic rings. The van der Waals surface area contributed by atoms with Crippen LogP contribution in [0.25, 0.3) is 0 Å². The maximum atomic E-state index is 12.4. The predicted molar refractivity (Wildman–Crippen MR) is 30.1 cm³/mol. The van der Waals surface area contributed by atoms with Gasteiger partial charge in [-0.1, -0.05) is 12.1 Å². The summed E-state index contributed by atoms with van der Waals surface area (Å²) in [7, 11) is 0. The second-order valence-corrected chi connectivity index (χ2v) is 1.86. The fourth-order valence-electron chi connectivity index (χ4n) is 0.660. The monoisotopic (exact) mass is 182 g/mol. The van der Waals surface area contributed by atoms with E-state index in [1.165, 1.54) is 12.1 Å². The minimum atomic E-state index is -1.03. The number of benzene rings is 1. The Morgan fingerprint density at radius 2 is 1.91 bits per heavy atom. The fourth-order valence-corrected chi connectivity index (χ4v) is 0.660. The van der Waals surface area contributed by atoms with Crippen molar-refractivity contribution in [2.45, 2.75) is 6.61 Å². The first-order chi connectivity index (χ1) is 4.75. The van der Waals surface area contributed by atoms with Crippen LogP contribution in [-0.4, -0.2) is 0 Å². The Balaban J connectivity index is 0.000001000. The number of halogens is 2. The molecule has 54 valence electrons. The maximum absolute atomic E-state index is 12.4. The molecule has 1 aromatic carbocycles. The van der Waals surface area contributed by atoms with Gasteiger partial charge in [-0.25, -0.2) is 8.78 Å². The van der Waals surface area contributed by atoms with Gasteiger partial charge in [0.25, 0.3) is 0 Å². The Morgan fingerprint density at radius 3 is 2.36 bits per heavy atom. The van der Waals surface area contributed by atoms with Gasteiger partial charge in [0.1, 0.15) is 0 Å². The van der Waals surface area contributed by atoms with E-state index in [0.29, 0.717) is 0 Å². The van der Waals surface area contributed by atoms with Crippen LogP contribution < -0.4 is 56.5 Å². The van der Waals surface area contributed by atoms with Gasteiger partial charge in [-0.2, -0.15) is 0 Å².